The summed E-state index contributed by atoms with van der Waals surface area (Å²) in [5.41, 5.74) is 1.00. The molecule has 0 fully saturated rings. The molecule has 0 saturated carbocycles. The summed E-state index contributed by atoms with van der Waals surface area (Å²) >= 11 is 0. The van der Waals surface area contributed by atoms with Crippen molar-refractivity contribution in [2.75, 3.05) is 26.9 Å². The zero-order valence-corrected chi connectivity index (χ0v) is 12.3. The predicted molar refractivity (Wildman–Crippen MR) is 74.3 cm³/mol. The van der Waals surface area contributed by atoms with Crippen molar-refractivity contribution >= 4 is 0 Å². The number of methoxy groups -OCH3 is 1. The monoisotopic (exact) mass is 268 g/mol. The smallest absolute Gasteiger partial charge is 0.287 e. The van der Waals surface area contributed by atoms with E-state index >= 15 is 0 Å². The van der Waals surface area contributed by atoms with Gasteiger partial charge in [0.1, 0.15) is 5.75 Å². The minimum Gasteiger partial charge on any atom is -0.496 e. The maximum absolute atomic E-state index is 5.71. The molecule has 0 N–H and O–H groups in total. The molecular formula is C15H24O4. The number of hydrogen-bond acceptors (Lipinski definition) is 4. The van der Waals surface area contributed by atoms with Crippen molar-refractivity contribution in [3.05, 3.63) is 29.8 Å². The predicted octanol–water partition coefficient (Wildman–Crippen LogP) is 3.00. The Morgan fingerprint density at radius 3 is 1.89 bits per heavy atom. The van der Waals surface area contributed by atoms with Gasteiger partial charge in [0.15, 0.2) is 0 Å². The van der Waals surface area contributed by atoms with E-state index in [-0.39, 0.29) is 0 Å². The van der Waals surface area contributed by atoms with Crippen molar-refractivity contribution in [2.45, 2.75) is 33.2 Å². The van der Waals surface area contributed by atoms with E-state index in [9.17, 15) is 0 Å². The van der Waals surface area contributed by atoms with Gasteiger partial charge >= 0.3 is 0 Å². The maximum Gasteiger partial charge on any atom is 0.287 e. The molecule has 1 aromatic carbocycles. The summed E-state index contributed by atoms with van der Waals surface area (Å²) in [7, 11) is 1.66. The highest BCUT2D eigenvalue weighted by molar-refractivity contribution is 5.33. The van der Waals surface area contributed by atoms with Crippen LogP contribution in [0.15, 0.2) is 24.3 Å². The lowest BCUT2D eigenvalue weighted by molar-refractivity contribution is -0.376. The molecule has 0 saturated heterocycles. The third kappa shape index (κ3) is 4.49. The van der Waals surface area contributed by atoms with Crippen LogP contribution in [-0.4, -0.2) is 32.9 Å². The third-order valence-corrected chi connectivity index (χ3v) is 2.69. The summed E-state index contributed by atoms with van der Waals surface area (Å²) in [4.78, 5) is 0. The fraction of sp³-hybridized carbons (Fsp3) is 0.600. The minimum absolute atomic E-state index is 0.493. The molecule has 108 valence electrons. The second-order valence-corrected chi connectivity index (χ2v) is 3.97. The molecule has 0 amide bonds. The van der Waals surface area contributed by atoms with E-state index in [4.69, 9.17) is 18.9 Å². The standard InChI is InChI=1S/C15H24O4/c1-5-17-15(18-6-2,19-7-3)12-13-10-8-9-11-14(13)16-4/h8-11H,5-7,12H2,1-4H3. The zero-order chi connectivity index (χ0) is 14.1. The van der Waals surface area contributed by atoms with Crippen molar-refractivity contribution in [1.82, 2.24) is 0 Å². The maximum atomic E-state index is 5.71. The summed E-state index contributed by atoms with van der Waals surface area (Å²) in [6.45, 7) is 7.35. The number of rotatable bonds is 9. The van der Waals surface area contributed by atoms with Gasteiger partial charge in [-0.05, 0) is 26.8 Å². The second-order valence-electron chi connectivity index (χ2n) is 3.97. The van der Waals surface area contributed by atoms with Gasteiger partial charge in [0.25, 0.3) is 5.97 Å². The van der Waals surface area contributed by atoms with E-state index in [0.717, 1.165) is 11.3 Å². The van der Waals surface area contributed by atoms with E-state index in [1.165, 1.54) is 0 Å². The lowest BCUT2D eigenvalue weighted by Crippen LogP contribution is -2.41. The van der Waals surface area contributed by atoms with E-state index in [0.29, 0.717) is 26.2 Å². The number of benzene rings is 1. The van der Waals surface area contributed by atoms with Crippen LogP contribution in [0.3, 0.4) is 0 Å². The van der Waals surface area contributed by atoms with Gasteiger partial charge in [-0.2, -0.15) is 0 Å². The molecule has 19 heavy (non-hydrogen) atoms. The van der Waals surface area contributed by atoms with Crippen LogP contribution >= 0.6 is 0 Å². The molecule has 1 aromatic rings. The third-order valence-electron chi connectivity index (χ3n) is 2.69. The number of para-hydroxylation sites is 1. The molecule has 0 aliphatic heterocycles. The van der Waals surface area contributed by atoms with Crippen LogP contribution in [0.5, 0.6) is 5.75 Å². The van der Waals surface area contributed by atoms with E-state index in [1.54, 1.807) is 7.11 Å². The lowest BCUT2D eigenvalue weighted by Gasteiger charge is -2.32. The SMILES string of the molecule is CCOC(Cc1ccccc1OC)(OCC)OCC. The first kappa shape index (κ1) is 16.0. The summed E-state index contributed by atoms with van der Waals surface area (Å²) < 4.78 is 22.5. The van der Waals surface area contributed by atoms with Crippen LogP contribution in [0.4, 0.5) is 0 Å². The molecule has 0 spiro atoms. The molecule has 0 heterocycles. The van der Waals surface area contributed by atoms with Crippen LogP contribution in [0.25, 0.3) is 0 Å². The van der Waals surface area contributed by atoms with Crippen LogP contribution < -0.4 is 4.74 Å². The second kappa shape index (κ2) is 8.15. The summed E-state index contributed by atoms with van der Waals surface area (Å²) in [5.74, 6) is -0.224. The van der Waals surface area contributed by atoms with Crippen LogP contribution in [0, 0.1) is 0 Å². The molecule has 0 unspecified atom stereocenters. The Bertz CT molecular complexity index is 348. The zero-order valence-electron chi connectivity index (χ0n) is 12.3. The fourth-order valence-electron chi connectivity index (χ4n) is 2.02. The van der Waals surface area contributed by atoms with Gasteiger partial charge in [-0.15, -0.1) is 0 Å². The Balaban J connectivity index is 2.97. The first-order chi connectivity index (χ1) is 9.21. The molecule has 0 aromatic heterocycles. The van der Waals surface area contributed by atoms with Gasteiger partial charge in [0, 0.05) is 25.4 Å². The highest BCUT2D eigenvalue weighted by Crippen LogP contribution is 2.27. The summed E-state index contributed by atoms with van der Waals surface area (Å²) in [5, 5.41) is 0. The van der Waals surface area contributed by atoms with Crippen LogP contribution in [0.1, 0.15) is 26.3 Å². The average molecular weight is 268 g/mol. The van der Waals surface area contributed by atoms with Crippen molar-refractivity contribution in [2.24, 2.45) is 0 Å². The lowest BCUT2D eigenvalue weighted by atomic mass is 10.1. The van der Waals surface area contributed by atoms with Gasteiger partial charge in [-0.25, -0.2) is 0 Å². The fourth-order valence-corrected chi connectivity index (χ4v) is 2.02. The van der Waals surface area contributed by atoms with Gasteiger partial charge in [0.05, 0.1) is 13.5 Å². The summed E-state index contributed by atoms with van der Waals surface area (Å²) in [6, 6.07) is 7.81. The van der Waals surface area contributed by atoms with Crippen molar-refractivity contribution in [3.8, 4) is 5.75 Å². The van der Waals surface area contributed by atoms with Crippen LogP contribution in [0.2, 0.25) is 0 Å². The minimum atomic E-state index is -1.03. The van der Waals surface area contributed by atoms with Gasteiger partial charge in [-0.1, -0.05) is 18.2 Å². The van der Waals surface area contributed by atoms with Gasteiger partial charge < -0.3 is 18.9 Å². The molecule has 0 aliphatic rings. The molecule has 4 nitrogen and oxygen atoms in total. The number of ether oxygens (including phenoxy) is 4. The molecule has 4 heteroatoms. The normalized spacial score (nSPS) is 11.6. The quantitative estimate of drug-likeness (QED) is 0.645. The Morgan fingerprint density at radius 2 is 1.42 bits per heavy atom. The average Bonchev–Trinajstić information content (AvgIpc) is 2.40. The molecular weight excluding hydrogens is 244 g/mol. The first-order valence-electron chi connectivity index (χ1n) is 6.75. The largest absolute Gasteiger partial charge is 0.496 e. The van der Waals surface area contributed by atoms with E-state index < -0.39 is 5.97 Å². The number of hydrogen-bond donors (Lipinski definition) is 0. The van der Waals surface area contributed by atoms with E-state index in [1.807, 2.05) is 45.0 Å². The Labute approximate surface area is 115 Å². The van der Waals surface area contributed by atoms with Crippen molar-refractivity contribution in [3.63, 3.8) is 0 Å². The van der Waals surface area contributed by atoms with Gasteiger partial charge in [0.2, 0.25) is 0 Å². The Morgan fingerprint density at radius 1 is 0.895 bits per heavy atom. The Kier molecular flexibility index (Phi) is 6.84. The molecule has 0 radical (unpaired) electrons. The van der Waals surface area contributed by atoms with E-state index in [2.05, 4.69) is 0 Å². The highest BCUT2D eigenvalue weighted by atomic mass is 16.9. The Hall–Kier alpha value is -1.10. The molecule has 0 aliphatic carbocycles. The molecule has 0 atom stereocenters. The van der Waals surface area contributed by atoms with Gasteiger partial charge in [-0.3, -0.25) is 0 Å². The first-order valence-corrected chi connectivity index (χ1v) is 6.75. The highest BCUT2D eigenvalue weighted by Gasteiger charge is 2.33. The van der Waals surface area contributed by atoms with Crippen molar-refractivity contribution in [1.29, 1.82) is 0 Å². The molecule has 0 bridgehead atoms. The summed E-state index contributed by atoms with van der Waals surface area (Å²) in [6.07, 6.45) is 0.493. The molecule has 1 rings (SSSR count). The topological polar surface area (TPSA) is 36.9 Å². The van der Waals surface area contributed by atoms with Crippen LogP contribution in [-0.2, 0) is 20.6 Å². The van der Waals surface area contributed by atoms with Crippen molar-refractivity contribution < 1.29 is 18.9 Å².